The second-order valence-electron chi connectivity index (χ2n) is 9.45. The third-order valence-corrected chi connectivity index (χ3v) is 7.55. The molecule has 2 aromatic carbocycles. The van der Waals surface area contributed by atoms with Gasteiger partial charge in [-0.3, -0.25) is 14.5 Å². The lowest BCUT2D eigenvalue weighted by Gasteiger charge is -2.50. The van der Waals surface area contributed by atoms with Gasteiger partial charge in [-0.15, -0.1) is 0 Å². The van der Waals surface area contributed by atoms with Crippen molar-refractivity contribution in [1.29, 1.82) is 0 Å². The summed E-state index contributed by atoms with van der Waals surface area (Å²) >= 11 is 6.40. The number of halogens is 1. The van der Waals surface area contributed by atoms with Crippen LogP contribution in [0.2, 0.25) is 5.02 Å². The summed E-state index contributed by atoms with van der Waals surface area (Å²) in [7, 11) is 1.47. The van der Waals surface area contributed by atoms with E-state index in [1.807, 2.05) is 30.3 Å². The quantitative estimate of drug-likeness (QED) is 0.357. The molecule has 184 valence electrons. The van der Waals surface area contributed by atoms with E-state index in [2.05, 4.69) is 38.7 Å². The first-order valence-electron chi connectivity index (χ1n) is 12.1. The van der Waals surface area contributed by atoms with Crippen molar-refractivity contribution in [3.05, 3.63) is 70.4 Å². The van der Waals surface area contributed by atoms with Crippen LogP contribution in [0.4, 0.5) is 0 Å². The highest BCUT2D eigenvalue weighted by Gasteiger charge is 2.48. The van der Waals surface area contributed by atoms with Gasteiger partial charge in [0.2, 0.25) is 5.91 Å². The van der Waals surface area contributed by atoms with Crippen molar-refractivity contribution in [2.45, 2.75) is 50.4 Å². The smallest absolute Gasteiger partial charge is 0.323 e. The van der Waals surface area contributed by atoms with E-state index in [4.69, 9.17) is 16.3 Å². The number of fused-ring (bicyclic) bond motifs is 5. The molecule has 5 rings (SSSR count). The molecule has 1 saturated heterocycles. The number of nitrogens with one attached hydrogen (secondary N) is 3. The Morgan fingerprint density at radius 2 is 1.91 bits per heavy atom. The number of ether oxygens (including phenoxy) is 1. The van der Waals surface area contributed by atoms with Crippen LogP contribution in [-0.4, -0.2) is 54.0 Å². The number of carbonyl (C=O) groups excluding carboxylic acids is 2. The van der Waals surface area contributed by atoms with E-state index in [1.165, 1.54) is 25.3 Å². The number of rotatable bonds is 6. The highest BCUT2D eigenvalue weighted by atomic mass is 35.5. The molecule has 7 nitrogen and oxygen atoms in total. The maximum absolute atomic E-state index is 13.1. The van der Waals surface area contributed by atoms with Gasteiger partial charge < -0.3 is 20.4 Å². The summed E-state index contributed by atoms with van der Waals surface area (Å²) in [6.45, 7) is 2.78. The second-order valence-corrected chi connectivity index (χ2v) is 9.88. The van der Waals surface area contributed by atoms with E-state index in [0.717, 1.165) is 29.3 Å². The highest BCUT2D eigenvalue weighted by molar-refractivity contribution is 6.30. The minimum absolute atomic E-state index is 0.00579. The molecular weight excluding hydrogens is 464 g/mol. The molecule has 1 amide bonds. The van der Waals surface area contributed by atoms with Crippen LogP contribution in [-0.2, 0) is 20.7 Å². The molecule has 8 heteroatoms. The van der Waals surface area contributed by atoms with Crippen molar-refractivity contribution in [2.24, 2.45) is 0 Å². The van der Waals surface area contributed by atoms with E-state index >= 15 is 0 Å². The summed E-state index contributed by atoms with van der Waals surface area (Å²) in [5.41, 5.74) is 4.54. The average Bonchev–Trinajstić information content (AvgIpc) is 3.24. The summed E-state index contributed by atoms with van der Waals surface area (Å²) in [4.78, 5) is 30.4. The minimum Gasteiger partial charge on any atom is -0.468 e. The molecule has 0 unspecified atom stereocenters. The number of piperidine rings is 1. The largest absolute Gasteiger partial charge is 0.468 e. The van der Waals surface area contributed by atoms with Crippen molar-refractivity contribution < 1.29 is 14.3 Å². The van der Waals surface area contributed by atoms with Crippen LogP contribution in [0, 0.1) is 0 Å². The standard InChI is InChI=1S/C27H31ClN4O3/c1-16(33)29-10-11-30-19-13-23(17-6-5-7-18(28)12-17)32-24(14-19)26-21(15-25(32)27(34)35-2)20-8-3-4-9-22(20)31-26/h3-9,12,19,23-25,30-31H,10-11,13-15H2,1-2H3,(H,29,33)/t19-,23-,24-,25-/m0/s1. The Balaban J connectivity index is 1.56. The molecule has 2 aliphatic rings. The molecule has 3 heterocycles. The number of esters is 1. The van der Waals surface area contributed by atoms with Gasteiger partial charge in [0, 0.05) is 60.1 Å². The van der Waals surface area contributed by atoms with Gasteiger partial charge in [0.05, 0.1) is 13.2 Å². The number of hydrogen-bond donors (Lipinski definition) is 3. The SMILES string of the molecule is COC(=O)[C@@H]1Cc2c([nH]c3ccccc23)[C@@H]2C[C@@H](NCCNC(C)=O)C[C@@H](c3cccc(Cl)c3)N12. The number of aromatic amines is 1. The molecular formula is C27H31ClN4O3. The summed E-state index contributed by atoms with van der Waals surface area (Å²) in [5, 5.41) is 8.34. The Kier molecular flexibility index (Phi) is 6.82. The van der Waals surface area contributed by atoms with Crippen LogP contribution in [0.25, 0.3) is 10.9 Å². The predicted octanol–water partition coefficient (Wildman–Crippen LogP) is 3.89. The zero-order chi connectivity index (χ0) is 24.5. The fraction of sp³-hybridized carbons (Fsp3) is 0.407. The molecule has 3 N–H and O–H groups in total. The Bertz CT molecular complexity index is 1240. The van der Waals surface area contributed by atoms with Crippen molar-refractivity contribution in [1.82, 2.24) is 20.5 Å². The number of aromatic nitrogens is 1. The lowest BCUT2D eigenvalue weighted by atomic mass is 9.79. The molecule has 1 aromatic heterocycles. The molecule has 0 bridgehead atoms. The van der Waals surface area contributed by atoms with E-state index in [-0.39, 0.29) is 36.0 Å². The third kappa shape index (κ3) is 4.68. The first-order valence-corrected chi connectivity index (χ1v) is 12.5. The Labute approximate surface area is 210 Å². The molecule has 3 aromatic rings. The van der Waals surface area contributed by atoms with Crippen molar-refractivity contribution in [2.75, 3.05) is 20.2 Å². The maximum atomic E-state index is 13.1. The van der Waals surface area contributed by atoms with Gasteiger partial charge in [-0.2, -0.15) is 0 Å². The molecule has 0 radical (unpaired) electrons. The number of carbonyl (C=O) groups is 2. The molecule has 4 atom stereocenters. The van der Waals surface area contributed by atoms with Gasteiger partial charge in [0.1, 0.15) is 6.04 Å². The third-order valence-electron chi connectivity index (χ3n) is 7.31. The summed E-state index contributed by atoms with van der Waals surface area (Å²) in [5.74, 6) is -0.246. The normalized spacial score (nSPS) is 24.0. The van der Waals surface area contributed by atoms with Crippen LogP contribution in [0.15, 0.2) is 48.5 Å². The number of nitrogens with zero attached hydrogens (tertiary/aromatic N) is 1. The second kappa shape index (κ2) is 10.0. The van der Waals surface area contributed by atoms with Crippen LogP contribution >= 0.6 is 11.6 Å². The maximum Gasteiger partial charge on any atom is 0.323 e. The molecule has 35 heavy (non-hydrogen) atoms. The molecule has 2 aliphatic heterocycles. The lowest BCUT2D eigenvalue weighted by Crippen LogP contribution is -2.56. The first kappa shape index (κ1) is 23.9. The van der Waals surface area contributed by atoms with Gasteiger partial charge in [-0.25, -0.2) is 0 Å². The Hall–Kier alpha value is -2.87. The van der Waals surface area contributed by atoms with Gasteiger partial charge in [0.25, 0.3) is 0 Å². The average molecular weight is 495 g/mol. The van der Waals surface area contributed by atoms with Crippen molar-refractivity contribution >= 4 is 34.4 Å². The van der Waals surface area contributed by atoms with Crippen molar-refractivity contribution in [3.8, 4) is 0 Å². The fourth-order valence-electron chi connectivity index (χ4n) is 5.87. The highest BCUT2D eigenvalue weighted by Crippen LogP contribution is 2.49. The number of benzene rings is 2. The summed E-state index contributed by atoms with van der Waals surface area (Å²) in [6, 6.07) is 16.0. The van der Waals surface area contributed by atoms with Gasteiger partial charge in [-0.05, 0) is 42.2 Å². The monoisotopic (exact) mass is 494 g/mol. The molecule has 0 saturated carbocycles. The van der Waals surface area contributed by atoms with Crippen LogP contribution in [0.1, 0.15) is 48.7 Å². The number of para-hydroxylation sites is 1. The Morgan fingerprint density at radius 3 is 2.69 bits per heavy atom. The first-order chi connectivity index (χ1) is 17.0. The van der Waals surface area contributed by atoms with Gasteiger partial charge >= 0.3 is 5.97 Å². The van der Waals surface area contributed by atoms with Crippen molar-refractivity contribution in [3.63, 3.8) is 0 Å². The number of H-pyrrole nitrogens is 1. The number of hydrogen-bond acceptors (Lipinski definition) is 5. The van der Waals surface area contributed by atoms with Crippen LogP contribution in [0.3, 0.4) is 0 Å². The minimum atomic E-state index is -0.388. The van der Waals surface area contributed by atoms with E-state index in [1.54, 1.807) is 0 Å². The lowest BCUT2D eigenvalue weighted by molar-refractivity contribution is -0.152. The fourth-order valence-corrected chi connectivity index (χ4v) is 6.06. The van der Waals surface area contributed by atoms with Gasteiger partial charge in [0.15, 0.2) is 0 Å². The van der Waals surface area contributed by atoms with E-state index < -0.39 is 0 Å². The molecule has 0 spiro atoms. The zero-order valence-electron chi connectivity index (χ0n) is 20.0. The van der Waals surface area contributed by atoms with E-state index in [0.29, 0.717) is 24.5 Å². The van der Waals surface area contributed by atoms with Crippen LogP contribution < -0.4 is 10.6 Å². The molecule has 0 aliphatic carbocycles. The topological polar surface area (TPSA) is 86.5 Å². The molecule has 1 fully saturated rings. The van der Waals surface area contributed by atoms with E-state index in [9.17, 15) is 9.59 Å². The number of amides is 1. The van der Waals surface area contributed by atoms with Crippen LogP contribution in [0.5, 0.6) is 0 Å². The van der Waals surface area contributed by atoms with Gasteiger partial charge in [-0.1, -0.05) is 41.9 Å². The summed E-state index contributed by atoms with van der Waals surface area (Å²) < 4.78 is 5.31. The predicted molar refractivity (Wildman–Crippen MR) is 136 cm³/mol. The zero-order valence-corrected chi connectivity index (χ0v) is 20.8. The Morgan fingerprint density at radius 1 is 1.11 bits per heavy atom. The number of methoxy groups -OCH3 is 1. The summed E-state index contributed by atoms with van der Waals surface area (Å²) in [6.07, 6.45) is 2.25.